The summed E-state index contributed by atoms with van der Waals surface area (Å²) in [6.07, 6.45) is 1.42. The number of carbonyl (C=O) groups is 1. The molecule has 3 atom stereocenters. The van der Waals surface area contributed by atoms with Crippen molar-refractivity contribution in [3.63, 3.8) is 0 Å². The van der Waals surface area contributed by atoms with Crippen molar-refractivity contribution in [1.29, 1.82) is 0 Å². The number of carbonyl (C=O) groups excluding carboxylic acids is 1. The van der Waals surface area contributed by atoms with E-state index in [1.165, 1.54) is 0 Å². The van der Waals surface area contributed by atoms with E-state index in [9.17, 15) is 9.18 Å². The number of nitrogens with two attached hydrogens (primary N) is 1. The van der Waals surface area contributed by atoms with Crippen molar-refractivity contribution in [3.8, 4) is 0 Å². The molecule has 0 aromatic rings. The summed E-state index contributed by atoms with van der Waals surface area (Å²) < 4.78 is 13.0. The zero-order valence-corrected chi connectivity index (χ0v) is 8.50. The molecule has 0 aromatic heterocycles. The topological polar surface area (TPSA) is 46.3 Å². The van der Waals surface area contributed by atoms with Crippen molar-refractivity contribution < 1.29 is 9.18 Å². The summed E-state index contributed by atoms with van der Waals surface area (Å²) in [6, 6.07) is 0.145. The quantitative estimate of drug-likeness (QED) is 0.712. The minimum Gasteiger partial charge on any atom is -0.338 e. The van der Waals surface area contributed by atoms with Gasteiger partial charge < -0.3 is 10.6 Å². The van der Waals surface area contributed by atoms with Crippen LogP contribution in [-0.2, 0) is 4.79 Å². The van der Waals surface area contributed by atoms with Crippen molar-refractivity contribution in [2.45, 2.75) is 38.4 Å². The van der Waals surface area contributed by atoms with Crippen molar-refractivity contribution in [2.75, 3.05) is 13.1 Å². The molecule has 1 saturated carbocycles. The number of rotatable bonds is 2. The van der Waals surface area contributed by atoms with Gasteiger partial charge in [-0.05, 0) is 26.2 Å². The Labute approximate surface area is 83.4 Å². The second-order valence-electron chi connectivity index (χ2n) is 4.62. The van der Waals surface area contributed by atoms with Crippen molar-refractivity contribution >= 4 is 5.91 Å². The first-order valence-electron chi connectivity index (χ1n) is 5.25. The zero-order chi connectivity index (χ0) is 10.3. The number of hydrogen-bond acceptors (Lipinski definition) is 2. The van der Waals surface area contributed by atoms with Crippen LogP contribution in [0.4, 0.5) is 4.39 Å². The highest BCUT2D eigenvalue weighted by molar-refractivity contribution is 5.86. The third kappa shape index (κ3) is 1.32. The number of nitrogens with zero attached hydrogens (tertiary/aromatic N) is 1. The van der Waals surface area contributed by atoms with Crippen LogP contribution in [0, 0.1) is 5.41 Å². The molecular formula is C10H17FN2O. The molecule has 2 unspecified atom stereocenters. The second kappa shape index (κ2) is 3.19. The largest absolute Gasteiger partial charge is 0.338 e. The van der Waals surface area contributed by atoms with E-state index in [-0.39, 0.29) is 11.9 Å². The van der Waals surface area contributed by atoms with Gasteiger partial charge in [-0.25, -0.2) is 4.39 Å². The summed E-state index contributed by atoms with van der Waals surface area (Å²) in [6.45, 7) is 2.97. The lowest BCUT2D eigenvalue weighted by Gasteiger charge is -2.26. The van der Waals surface area contributed by atoms with Crippen LogP contribution in [0.5, 0.6) is 0 Å². The van der Waals surface area contributed by atoms with Crippen molar-refractivity contribution in [3.05, 3.63) is 0 Å². The Bertz CT molecular complexity index is 259. The van der Waals surface area contributed by atoms with Crippen LogP contribution in [0.15, 0.2) is 0 Å². The Morgan fingerprint density at radius 1 is 1.71 bits per heavy atom. The molecule has 14 heavy (non-hydrogen) atoms. The Hall–Kier alpha value is -0.640. The summed E-state index contributed by atoms with van der Waals surface area (Å²) in [5, 5.41) is 0. The summed E-state index contributed by atoms with van der Waals surface area (Å²) in [7, 11) is 0. The highest BCUT2D eigenvalue weighted by Crippen LogP contribution is 2.50. The molecule has 2 fully saturated rings. The number of halogens is 1. The average Bonchev–Trinajstić information content (AvgIpc) is 2.67. The minimum atomic E-state index is -0.936. The van der Waals surface area contributed by atoms with E-state index in [4.69, 9.17) is 5.73 Å². The molecule has 80 valence electrons. The predicted molar refractivity (Wildman–Crippen MR) is 51.4 cm³/mol. The first-order valence-corrected chi connectivity index (χ1v) is 5.25. The van der Waals surface area contributed by atoms with Gasteiger partial charge in [-0.3, -0.25) is 4.79 Å². The minimum absolute atomic E-state index is 0.0297. The fourth-order valence-electron chi connectivity index (χ4n) is 2.21. The molecular weight excluding hydrogens is 183 g/mol. The van der Waals surface area contributed by atoms with Crippen LogP contribution in [0.25, 0.3) is 0 Å². The SMILES string of the molecule is CC1(C(=O)N2CCC[C@H]2CN)CC1F. The lowest BCUT2D eigenvalue weighted by Crippen LogP contribution is -2.43. The van der Waals surface area contributed by atoms with Gasteiger partial charge >= 0.3 is 0 Å². The molecule has 2 N–H and O–H groups in total. The zero-order valence-electron chi connectivity index (χ0n) is 8.50. The van der Waals surface area contributed by atoms with Crippen LogP contribution in [-0.4, -0.2) is 36.1 Å². The molecule has 0 bridgehead atoms. The highest BCUT2D eigenvalue weighted by atomic mass is 19.1. The van der Waals surface area contributed by atoms with Gasteiger partial charge in [0, 0.05) is 19.1 Å². The Morgan fingerprint density at radius 3 is 2.86 bits per heavy atom. The number of hydrogen-bond donors (Lipinski definition) is 1. The first-order chi connectivity index (χ1) is 6.59. The maximum atomic E-state index is 13.0. The average molecular weight is 200 g/mol. The molecule has 1 aliphatic heterocycles. The van der Waals surface area contributed by atoms with E-state index < -0.39 is 11.6 Å². The second-order valence-corrected chi connectivity index (χ2v) is 4.62. The highest BCUT2D eigenvalue weighted by Gasteiger charge is 2.59. The third-order valence-corrected chi connectivity index (χ3v) is 3.53. The van der Waals surface area contributed by atoms with E-state index >= 15 is 0 Å². The summed E-state index contributed by atoms with van der Waals surface area (Å²) >= 11 is 0. The van der Waals surface area contributed by atoms with E-state index in [2.05, 4.69) is 0 Å². The van der Waals surface area contributed by atoms with Gasteiger partial charge in [0.2, 0.25) is 5.91 Å². The van der Waals surface area contributed by atoms with Gasteiger partial charge in [-0.2, -0.15) is 0 Å². The fraction of sp³-hybridized carbons (Fsp3) is 0.900. The first kappa shape index (κ1) is 9.90. The molecule has 1 heterocycles. The predicted octanol–water partition coefficient (Wildman–Crippen LogP) is 0.684. The monoisotopic (exact) mass is 200 g/mol. The number of alkyl halides is 1. The van der Waals surface area contributed by atoms with Crippen LogP contribution in [0.1, 0.15) is 26.2 Å². The van der Waals surface area contributed by atoms with Gasteiger partial charge in [0.05, 0.1) is 5.41 Å². The Morgan fingerprint density at radius 2 is 2.36 bits per heavy atom. The Balaban J connectivity index is 2.04. The maximum Gasteiger partial charge on any atom is 0.231 e. The van der Waals surface area contributed by atoms with Gasteiger partial charge in [0.15, 0.2) is 0 Å². The van der Waals surface area contributed by atoms with Crippen LogP contribution in [0.3, 0.4) is 0 Å². The van der Waals surface area contributed by atoms with Crippen LogP contribution < -0.4 is 5.73 Å². The molecule has 1 amide bonds. The fourth-order valence-corrected chi connectivity index (χ4v) is 2.21. The molecule has 2 rings (SSSR count). The van der Waals surface area contributed by atoms with Crippen molar-refractivity contribution in [2.24, 2.45) is 11.1 Å². The van der Waals surface area contributed by atoms with Gasteiger partial charge in [-0.15, -0.1) is 0 Å². The summed E-state index contributed by atoms with van der Waals surface area (Å²) in [5.41, 5.74) is 4.85. The maximum absolute atomic E-state index is 13.0. The van der Waals surface area contributed by atoms with Crippen molar-refractivity contribution in [1.82, 2.24) is 4.90 Å². The van der Waals surface area contributed by atoms with E-state index in [0.29, 0.717) is 13.0 Å². The lowest BCUT2D eigenvalue weighted by molar-refractivity contribution is -0.137. The molecule has 1 saturated heterocycles. The Kier molecular flexibility index (Phi) is 2.26. The van der Waals surface area contributed by atoms with E-state index in [1.807, 2.05) is 0 Å². The molecule has 0 spiro atoms. The normalized spacial score (nSPS) is 41.5. The standard InChI is InChI=1S/C10H17FN2O/c1-10(5-8(10)11)9(14)13-4-2-3-7(13)6-12/h7-8H,2-6,12H2,1H3/t7-,8?,10?/m0/s1. The number of likely N-dealkylation sites (tertiary alicyclic amines) is 1. The van der Waals surface area contributed by atoms with Gasteiger partial charge in [-0.1, -0.05) is 0 Å². The van der Waals surface area contributed by atoms with Gasteiger partial charge in [0.25, 0.3) is 0 Å². The molecule has 2 aliphatic rings. The van der Waals surface area contributed by atoms with Crippen LogP contribution >= 0.6 is 0 Å². The summed E-state index contributed by atoms with van der Waals surface area (Å²) in [4.78, 5) is 13.7. The van der Waals surface area contributed by atoms with E-state index in [1.54, 1.807) is 11.8 Å². The summed E-state index contributed by atoms with van der Waals surface area (Å²) in [5.74, 6) is -0.0297. The molecule has 3 nitrogen and oxygen atoms in total. The third-order valence-electron chi connectivity index (χ3n) is 3.53. The molecule has 4 heteroatoms. The van der Waals surface area contributed by atoms with E-state index in [0.717, 1.165) is 19.4 Å². The molecule has 0 radical (unpaired) electrons. The molecule has 0 aromatic carbocycles. The lowest BCUT2D eigenvalue weighted by atomic mass is 10.1. The smallest absolute Gasteiger partial charge is 0.231 e. The van der Waals surface area contributed by atoms with Crippen LogP contribution in [0.2, 0.25) is 0 Å². The number of amides is 1. The molecule has 1 aliphatic carbocycles. The van der Waals surface area contributed by atoms with Gasteiger partial charge in [0.1, 0.15) is 6.17 Å².